The van der Waals surface area contributed by atoms with Gasteiger partial charge in [-0.15, -0.1) is 11.3 Å². The van der Waals surface area contributed by atoms with Crippen LogP contribution >= 0.6 is 38.9 Å². The van der Waals surface area contributed by atoms with Crippen LogP contribution in [0.25, 0.3) is 6.08 Å². The monoisotopic (exact) mass is 272 g/mol. The Hall–Kier alpha value is -0.810. The second-order valence-electron chi connectivity index (χ2n) is 2.05. The maximum absolute atomic E-state index is 8.48. The minimum atomic E-state index is 0.0745. The molecular formula is C8H2BrClN2S. The van der Waals surface area contributed by atoms with Crippen LogP contribution < -0.4 is 0 Å². The molecule has 0 spiro atoms. The molecule has 0 aliphatic heterocycles. The lowest BCUT2D eigenvalue weighted by Gasteiger charge is -1.80. The van der Waals surface area contributed by atoms with E-state index in [1.165, 1.54) is 17.4 Å². The van der Waals surface area contributed by atoms with Gasteiger partial charge in [0.05, 0.1) is 0 Å². The zero-order valence-electron chi connectivity index (χ0n) is 6.21. The van der Waals surface area contributed by atoms with Crippen LogP contribution in [0.15, 0.2) is 16.1 Å². The lowest BCUT2D eigenvalue weighted by Crippen LogP contribution is -1.68. The molecule has 13 heavy (non-hydrogen) atoms. The number of allylic oxidation sites excluding steroid dienone is 1. The average molecular weight is 274 g/mol. The molecule has 0 bridgehead atoms. The molecule has 0 aliphatic rings. The van der Waals surface area contributed by atoms with Crippen LogP contribution in [-0.2, 0) is 0 Å². The third-order valence-corrected chi connectivity index (χ3v) is 3.61. The van der Waals surface area contributed by atoms with Crippen LogP contribution in [0.1, 0.15) is 4.88 Å². The predicted octanol–water partition coefficient (Wildman–Crippen LogP) is 3.59. The zero-order valence-corrected chi connectivity index (χ0v) is 9.37. The molecule has 1 aromatic rings. The van der Waals surface area contributed by atoms with Crippen LogP contribution in [0.2, 0.25) is 4.34 Å². The van der Waals surface area contributed by atoms with E-state index >= 15 is 0 Å². The highest BCUT2D eigenvalue weighted by Crippen LogP contribution is 2.32. The molecule has 0 atom stereocenters. The first-order valence-corrected chi connectivity index (χ1v) is 5.13. The number of hydrogen-bond donors (Lipinski definition) is 0. The standard InChI is InChI=1S/C8H2BrClN2S/c9-7-2-6(13-8(7)10)1-5(3-11)4-12/h1-2H. The summed E-state index contributed by atoms with van der Waals surface area (Å²) in [7, 11) is 0. The molecule has 1 aromatic heterocycles. The van der Waals surface area contributed by atoms with Gasteiger partial charge in [0.15, 0.2) is 0 Å². The van der Waals surface area contributed by atoms with Crippen LogP contribution in [0.3, 0.4) is 0 Å². The van der Waals surface area contributed by atoms with Gasteiger partial charge in [-0.3, -0.25) is 0 Å². The van der Waals surface area contributed by atoms with E-state index in [0.717, 1.165) is 9.35 Å². The van der Waals surface area contributed by atoms with E-state index in [0.29, 0.717) is 4.34 Å². The molecule has 0 fully saturated rings. The van der Waals surface area contributed by atoms with Crippen LogP contribution in [0, 0.1) is 22.7 Å². The van der Waals surface area contributed by atoms with Crippen molar-refractivity contribution in [1.82, 2.24) is 0 Å². The van der Waals surface area contributed by atoms with E-state index in [-0.39, 0.29) is 5.57 Å². The smallest absolute Gasteiger partial charge is 0.131 e. The van der Waals surface area contributed by atoms with E-state index in [4.69, 9.17) is 22.1 Å². The maximum atomic E-state index is 8.48. The predicted molar refractivity (Wildman–Crippen MR) is 56.2 cm³/mol. The first-order chi connectivity index (χ1) is 6.17. The number of hydrogen-bond acceptors (Lipinski definition) is 3. The van der Waals surface area contributed by atoms with Crippen molar-refractivity contribution < 1.29 is 0 Å². The fourth-order valence-corrected chi connectivity index (χ4v) is 2.35. The molecule has 0 N–H and O–H groups in total. The molecule has 64 valence electrons. The zero-order chi connectivity index (χ0) is 9.84. The molecular weight excluding hydrogens is 272 g/mol. The number of halogens is 2. The lowest BCUT2D eigenvalue weighted by atomic mass is 10.3. The first kappa shape index (κ1) is 10.3. The van der Waals surface area contributed by atoms with E-state index in [2.05, 4.69) is 15.9 Å². The van der Waals surface area contributed by atoms with Gasteiger partial charge in [0.25, 0.3) is 0 Å². The van der Waals surface area contributed by atoms with E-state index in [1.807, 2.05) is 0 Å². The molecule has 0 radical (unpaired) electrons. The largest absolute Gasteiger partial charge is 0.192 e. The van der Waals surface area contributed by atoms with Crippen LogP contribution in [0.4, 0.5) is 0 Å². The third-order valence-electron chi connectivity index (χ3n) is 1.19. The van der Waals surface area contributed by atoms with Gasteiger partial charge in [0, 0.05) is 9.35 Å². The molecule has 0 aromatic carbocycles. The Bertz CT molecular complexity index is 400. The SMILES string of the molecule is N#CC(C#N)=Cc1cc(Br)c(Cl)s1. The van der Waals surface area contributed by atoms with Crippen molar-refractivity contribution in [3.8, 4) is 12.1 Å². The fraction of sp³-hybridized carbons (Fsp3) is 0. The highest BCUT2D eigenvalue weighted by molar-refractivity contribution is 9.10. The average Bonchev–Trinajstić information content (AvgIpc) is 2.42. The summed E-state index contributed by atoms with van der Waals surface area (Å²) in [4.78, 5) is 0.787. The van der Waals surface area contributed by atoms with E-state index < -0.39 is 0 Å². The van der Waals surface area contributed by atoms with Crippen molar-refractivity contribution in [2.75, 3.05) is 0 Å². The molecule has 0 saturated heterocycles. The Morgan fingerprint density at radius 3 is 2.54 bits per heavy atom. The quantitative estimate of drug-likeness (QED) is 0.734. The number of nitrogens with zero attached hydrogens (tertiary/aromatic N) is 2. The number of thiophene rings is 1. The molecule has 0 aliphatic carbocycles. The molecule has 2 nitrogen and oxygen atoms in total. The Morgan fingerprint density at radius 1 is 1.54 bits per heavy atom. The fourth-order valence-electron chi connectivity index (χ4n) is 0.666. The number of nitriles is 2. The van der Waals surface area contributed by atoms with Crippen molar-refractivity contribution in [3.63, 3.8) is 0 Å². The second-order valence-corrected chi connectivity index (χ2v) is 4.59. The van der Waals surface area contributed by atoms with Crippen molar-refractivity contribution >= 4 is 44.9 Å². The lowest BCUT2D eigenvalue weighted by molar-refractivity contribution is 1.47. The van der Waals surface area contributed by atoms with Gasteiger partial charge in [0.1, 0.15) is 22.0 Å². The summed E-state index contributed by atoms with van der Waals surface area (Å²) in [5.41, 5.74) is 0.0745. The van der Waals surface area contributed by atoms with Gasteiger partial charge >= 0.3 is 0 Å². The summed E-state index contributed by atoms with van der Waals surface area (Å²) >= 11 is 10.3. The Balaban J connectivity index is 3.07. The van der Waals surface area contributed by atoms with Crippen LogP contribution in [-0.4, -0.2) is 0 Å². The normalized spacial score (nSPS) is 8.62. The highest BCUT2D eigenvalue weighted by atomic mass is 79.9. The van der Waals surface area contributed by atoms with Gasteiger partial charge in [0.2, 0.25) is 0 Å². The Kier molecular flexibility index (Phi) is 3.50. The van der Waals surface area contributed by atoms with Crippen molar-refractivity contribution in [1.29, 1.82) is 10.5 Å². The van der Waals surface area contributed by atoms with Gasteiger partial charge in [-0.2, -0.15) is 10.5 Å². The number of rotatable bonds is 1. The summed E-state index contributed by atoms with van der Waals surface area (Å²) in [6, 6.07) is 5.32. The van der Waals surface area contributed by atoms with Gasteiger partial charge in [-0.25, -0.2) is 0 Å². The van der Waals surface area contributed by atoms with Gasteiger partial charge in [-0.1, -0.05) is 11.6 Å². The topological polar surface area (TPSA) is 47.6 Å². The Morgan fingerprint density at radius 2 is 2.15 bits per heavy atom. The van der Waals surface area contributed by atoms with E-state index in [1.54, 1.807) is 18.2 Å². The van der Waals surface area contributed by atoms with Crippen molar-refractivity contribution in [3.05, 3.63) is 25.3 Å². The summed E-state index contributed by atoms with van der Waals surface area (Å²) < 4.78 is 1.39. The minimum absolute atomic E-state index is 0.0745. The molecule has 5 heteroatoms. The Labute approximate surface area is 92.8 Å². The summed E-state index contributed by atoms with van der Waals surface area (Å²) in [5, 5.41) is 17.0. The summed E-state index contributed by atoms with van der Waals surface area (Å²) in [6.45, 7) is 0. The highest BCUT2D eigenvalue weighted by Gasteiger charge is 2.03. The third kappa shape index (κ3) is 2.57. The van der Waals surface area contributed by atoms with Crippen molar-refractivity contribution in [2.24, 2.45) is 0 Å². The first-order valence-electron chi connectivity index (χ1n) is 3.14. The molecule has 0 unspecified atom stereocenters. The summed E-state index contributed by atoms with van der Waals surface area (Å²) in [5.74, 6) is 0. The van der Waals surface area contributed by atoms with Crippen LogP contribution in [0.5, 0.6) is 0 Å². The molecule has 0 saturated carbocycles. The summed E-state index contributed by atoms with van der Waals surface area (Å²) in [6.07, 6.45) is 1.50. The minimum Gasteiger partial charge on any atom is -0.192 e. The molecule has 1 rings (SSSR count). The van der Waals surface area contributed by atoms with Gasteiger partial charge in [-0.05, 0) is 28.1 Å². The second kappa shape index (κ2) is 4.43. The van der Waals surface area contributed by atoms with E-state index in [9.17, 15) is 0 Å². The molecule has 1 heterocycles. The van der Waals surface area contributed by atoms with Crippen molar-refractivity contribution in [2.45, 2.75) is 0 Å². The van der Waals surface area contributed by atoms with Gasteiger partial charge < -0.3 is 0 Å². The maximum Gasteiger partial charge on any atom is 0.131 e. The molecule has 0 amide bonds.